The number of rotatable bonds is 1. The molecule has 4 atom stereocenters. The largest absolute Gasteiger partial charge is 0.390 e. The Kier molecular flexibility index (Phi) is 3.21. The van der Waals surface area contributed by atoms with E-state index in [4.69, 9.17) is 0 Å². The van der Waals surface area contributed by atoms with Gasteiger partial charge < -0.3 is 5.11 Å². The van der Waals surface area contributed by atoms with Gasteiger partial charge in [-0.15, -0.1) is 0 Å². The molecule has 0 bridgehead atoms. The van der Waals surface area contributed by atoms with Gasteiger partial charge >= 0.3 is 0 Å². The quantitative estimate of drug-likeness (QED) is 0.677. The Hall–Kier alpha value is -0.300. The number of fused-ring (bicyclic) bond motifs is 1. The van der Waals surface area contributed by atoms with Gasteiger partial charge in [-0.05, 0) is 56.8 Å². The second-order valence-corrected chi connectivity index (χ2v) is 7.77. The van der Waals surface area contributed by atoms with Crippen LogP contribution < -0.4 is 0 Å². The molecule has 0 saturated heterocycles. The van der Waals surface area contributed by atoms with Crippen LogP contribution in [0.3, 0.4) is 0 Å². The first-order valence-electron chi connectivity index (χ1n) is 7.55. The molecule has 0 aromatic heterocycles. The van der Waals surface area contributed by atoms with Gasteiger partial charge in [0.05, 0.1) is 5.60 Å². The van der Waals surface area contributed by atoms with Crippen molar-refractivity contribution in [1.29, 1.82) is 0 Å². The van der Waals surface area contributed by atoms with Crippen LogP contribution in [0.25, 0.3) is 0 Å². The minimum Gasteiger partial charge on any atom is -0.390 e. The molecule has 18 heavy (non-hydrogen) atoms. The molecule has 1 N–H and O–H groups in total. The van der Waals surface area contributed by atoms with Gasteiger partial charge in [-0.25, -0.2) is 0 Å². The second kappa shape index (κ2) is 4.10. The molecule has 0 aromatic rings. The summed E-state index contributed by atoms with van der Waals surface area (Å²) in [6, 6.07) is 0. The van der Waals surface area contributed by atoms with E-state index >= 15 is 0 Å². The van der Waals surface area contributed by atoms with E-state index < -0.39 is 5.60 Å². The van der Waals surface area contributed by atoms with E-state index in [0.29, 0.717) is 11.8 Å². The van der Waals surface area contributed by atoms with Crippen molar-refractivity contribution in [3.63, 3.8) is 0 Å². The monoisotopic (exact) mass is 250 g/mol. The molecule has 104 valence electrons. The summed E-state index contributed by atoms with van der Waals surface area (Å²) in [7, 11) is 0. The zero-order chi connectivity index (χ0) is 13.8. The number of allylic oxidation sites excluding steroid dienone is 2. The predicted octanol–water partition coefficient (Wildman–Crippen LogP) is 4.56. The molecule has 0 aromatic carbocycles. The molecule has 0 spiro atoms. The highest BCUT2D eigenvalue weighted by atomic mass is 16.3. The second-order valence-electron chi connectivity index (χ2n) is 7.77. The molecule has 0 heterocycles. The lowest BCUT2D eigenvalue weighted by Crippen LogP contribution is -2.61. The Morgan fingerprint density at radius 3 is 2.39 bits per heavy atom. The van der Waals surface area contributed by atoms with E-state index in [9.17, 15) is 5.11 Å². The number of hydrogen-bond donors (Lipinski definition) is 1. The minimum absolute atomic E-state index is 0.0205. The first-order chi connectivity index (χ1) is 8.14. The zero-order valence-electron chi connectivity index (χ0n) is 13.0. The summed E-state index contributed by atoms with van der Waals surface area (Å²) in [4.78, 5) is 0. The van der Waals surface area contributed by atoms with Crippen molar-refractivity contribution in [3.05, 3.63) is 11.6 Å². The van der Waals surface area contributed by atoms with Gasteiger partial charge in [0.2, 0.25) is 0 Å². The van der Waals surface area contributed by atoms with Gasteiger partial charge in [-0.3, -0.25) is 0 Å². The zero-order valence-corrected chi connectivity index (χ0v) is 13.0. The molecule has 1 fully saturated rings. The van der Waals surface area contributed by atoms with Crippen LogP contribution in [0.5, 0.6) is 0 Å². The lowest BCUT2D eigenvalue weighted by atomic mass is 9.43. The third-order valence-electron chi connectivity index (χ3n) is 6.46. The highest BCUT2D eigenvalue weighted by Gasteiger charge is 2.61. The van der Waals surface area contributed by atoms with Crippen molar-refractivity contribution in [2.45, 2.75) is 72.8 Å². The summed E-state index contributed by atoms with van der Waals surface area (Å²) in [6.07, 6.45) is 6.87. The summed E-state index contributed by atoms with van der Waals surface area (Å²) in [5.41, 5.74) is 1.15. The van der Waals surface area contributed by atoms with E-state index in [1.54, 1.807) is 0 Å². The highest BCUT2D eigenvalue weighted by molar-refractivity contribution is 5.24. The van der Waals surface area contributed by atoms with Crippen molar-refractivity contribution in [2.24, 2.45) is 22.7 Å². The molecule has 2 aliphatic carbocycles. The van der Waals surface area contributed by atoms with E-state index in [1.165, 1.54) is 5.57 Å². The fourth-order valence-electron chi connectivity index (χ4n) is 4.86. The summed E-state index contributed by atoms with van der Waals surface area (Å²) in [5.74, 6) is 1.38. The molecule has 2 rings (SSSR count). The smallest absolute Gasteiger partial charge is 0.0681 e. The fourth-order valence-corrected chi connectivity index (χ4v) is 4.86. The van der Waals surface area contributed by atoms with Crippen LogP contribution in [0.15, 0.2) is 11.6 Å². The van der Waals surface area contributed by atoms with Gasteiger partial charge in [-0.1, -0.05) is 39.3 Å². The first-order valence-corrected chi connectivity index (χ1v) is 7.55. The normalized spacial score (nSPS) is 48.9. The van der Waals surface area contributed by atoms with E-state index in [-0.39, 0.29) is 10.8 Å². The third kappa shape index (κ3) is 1.70. The van der Waals surface area contributed by atoms with Crippen LogP contribution in [-0.2, 0) is 0 Å². The Balaban J connectivity index is 2.54. The Morgan fingerprint density at radius 1 is 1.22 bits per heavy atom. The first kappa shape index (κ1) is 14.1. The van der Waals surface area contributed by atoms with E-state index in [2.05, 4.69) is 47.6 Å². The van der Waals surface area contributed by atoms with Gasteiger partial charge in [0.15, 0.2) is 0 Å². The van der Waals surface area contributed by atoms with Crippen molar-refractivity contribution in [2.75, 3.05) is 0 Å². The van der Waals surface area contributed by atoms with Crippen LogP contribution in [0.2, 0.25) is 0 Å². The third-order valence-corrected chi connectivity index (χ3v) is 6.46. The van der Waals surface area contributed by atoms with Gasteiger partial charge in [0, 0.05) is 5.41 Å². The lowest BCUT2D eigenvalue weighted by molar-refractivity contribution is -0.183. The maximum absolute atomic E-state index is 11.0. The Bertz CT molecular complexity index is 366. The Labute approximate surface area is 113 Å². The van der Waals surface area contributed by atoms with Crippen LogP contribution in [-0.4, -0.2) is 10.7 Å². The van der Waals surface area contributed by atoms with Crippen molar-refractivity contribution in [3.8, 4) is 0 Å². The Morgan fingerprint density at radius 2 is 1.83 bits per heavy atom. The van der Waals surface area contributed by atoms with E-state index in [0.717, 1.165) is 25.7 Å². The number of aliphatic hydroxyl groups is 1. The summed E-state index contributed by atoms with van der Waals surface area (Å²) < 4.78 is 0. The molecular formula is C17H30O. The van der Waals surface area contributed by atoms with Crippen molar-refractivity contribution in [1.82, 2.24) is 0 Å². The van der Waals surface area contributed by atoms with Crippen molar-refractivity contribution >= 4 is 0 Å². The molecule has 0 amide bonds. The van der Waals surface area contributed by atoms with Crippen LogP contribution >= 0.6 is 0 Å². The molecule has 2 aliphatic rings. The molecule has 0 aliphatic heterocycles. The molecule has 0 unspecified atom stereocenters. The summed E-state index contributed by atoms with van der Waals surface area (Å²) in [6.45, 7) is 13.7. The van der Waals surface area contributed by atoms with Crippen LogP contribution in [0, 0.1) is 22.7 Å². The summed E-state index contributed by atoms with van der Waals surface area (Å²) in [5, 5.41) is 11.0. The molecule has 1 saturated carbocycles. The molecule has 1 nitrogen and oxygen atoms in total. The average molecular weight is 250 g/mol. The topological polar surface area (TPSA) is 20.2 Å². The van der Waals surface area contributed by atoms with Gasteiger partial charge in [0.1, 0.15) is 0 Å². The van der Waals surface area contributed by atoms with Gasteiger partial charge in [0.25, 0.3) is 0 Å². The average Bonchev–Trinajstić information content (AvgIpc) is 2.21. The minimum atomic E-state index is -0.523. The molecule has 1 heteroatoms. The van der Waals surface area contributed by atoms with E-state index in [1.807, 2.05) is 0 Å². The maximum atomic E-state index is 11.0. The predicted molar refractivity (Wildman–Crippen MR) is 77.4 cm³/mol. The summed E-state index contributed by atoms with van der Waals surface area (Å²) >= 11 is 0. The molecular weight excluding hydrogens is 220 g/mol. The SMILES string of the molecule is CC1=C[C@@]2(C)[C@H](C(C)C)CC[C@](C)(O)[C@@]2(C)CC1. The van der Waals surface area contributed by atoms with Crippen LogP contribution in [0.1, 0.15) is 67.2 Å². The standard InChI is InChI=1S/C17H30O/c1-12(2)14-8-10-17(6,18)16(5)9-7-13(3)11-15(14,16)4/h11-12,14,18H,7-10H2,1-6H3/t14-,15-,16-,17-/m0/s1. The van der Waals surface area contributed by atoms with Crippen LogP contribution in [0.4, 0.5) is 0 Å². The molecule has 0 radical (unpaired) electrons. The fraction of sp³-hybridized carbons (Fsp3) is 0.882. The number of hydrogen-bond acceptors (Lipinski definition) is 1. The highest BCUT2D eigenvalue weighted by Crippen LogP contribution is 2.64. The lowest BCUT2D eigenvalue weighted by Gasteiger charge is -2.63. The maximum Gasteiger partial charge on any atom is 0.0681 e. The van der Waals surface area contributed by atoms with Gasteiger partial charge in [-0.2, -0.15) is 0 Å². The van der Waals surface area contributed by atoms with Crippen molar-refractivity contribution < 1.29 is 5.11 Å².